The van der Waals surface area contributed by atoms with Gasteiger partial charge in [-0.1, -0.05) is 106 Å². The van der Waals surface area contributed by atoms with E-state index in [-0.39, 0.29) is 11.1 Å². The lowest BCUT2D eigenvalue weighted by molar-refractivity contribution is 0.190. The number of hydrogen-bond donors (Lipinski definition) is 0. The molecule has 0 amide bonds. The van der Waals surface area contributed by atoms with Crippen molar-refractivity contribution in [3.63, 3.8) is 0 Å². The first kappa shape index (κ1) is 21.3. The first-order chi connectivity index (χ1) is 14.3. The van der Waals surface area contributed by atoms with Gasteiger partial charge >= 0.3 is 0 Å². The van der Waals surface area contributed by atoms with E-state index in [1.165, 1.54) is 23.2 Å². The third kappa shape index (κ3) is 3.76. The zero-order valence-electron chi connectivity index (χ0n) is 19.2. The average Bonchev–Trinajstić information content (AvgIpc) is 3.02. The first-order valence-corrected chi connectivity index (χ1v) is 13.4. The molecule has 4 rings (SSSR count). The lowest BCUT2D eigenvalue weighted by Crippen LogP contribution is -2.67. The summed E-state index contributed by atoms with van der Waals surface area (Å²) in [6.07, 6.45) is 8.59. The van der Waals surface area contributed by atoms with E-state index >= 15 is 0 Å². The Labute approximate surface area is 184 Å². The molecular weight excluding hydrogens is 380 g/mol. The fourth-order valence-electron chi connectivity index (χ4n) is 5.67. The predicted molar refractivity (Wildman–Crippen MR) is 131 cm³/mol. The normalized spacial score (nSPS) is 24.6. The lowest BCUT2D eigenvalue weighted by atomic mass is 9.86. The molecule has 0 bridgehead atoms. The molecule has 0 unspecified atom stereocenters. The van der Waals surface area contributed by atoms with Crippen molar-refractivity contribution in [1.29, 1.82) is 0 Å². The summed E-state index contributed by atoms with van der Waals surface area (Å²) in [5, 5.41) is 2.75. The monoisotopic (exact) mass is 416 g/mol. The molecule has 0 saturated heterocycles. The van der Waals surface area contributed by atoms with Crippen LogP contribution in [0.25, 0.3) is 0 Å². The van der Waals surface area contributed by atoms with Crippen LogP contribution in [-0.2, 0) is 4.43 Å². The van der Waals surface area contributed by atoms with Gasteiger partial charge in [0.1, 0.15) is 0 Å². The largest absolute Gasteiger partial charge is 0.401 e. The lowest BCUT2D eigenvalue weighted by Gasteiger charge is -2.45. The summed E-state index contributed by atoms with van der Waals surface area (Å²) < 4.78 is 7.40. The van der Waals surface area contributed by atoms with Gasteiger partial charge in [-0.25, -0.2) is 0 Å². The van der Waals surface area contributed by atoms with Crippen LogP contribution in [0.15, 0.2) is 84.0 Å². The molecule has 0 aromatic heterocycles. The molecule has 158 valence electrons. The molecule has 0 saturated carbocycles. The maximum atomic E-state index is 7.40. The highest BCUT2D eigenvalue weighted by Crippen LogP contribution is 2.43. The van der Waals surface area contributed by atoms with Crippen molar-refractivity contribution in [3.8, 4) is 0 Å². The van der Waals surface area contributed by atoms with Gasteiger partial charge in [-0.15, -0.1) is 0 Å². The van der Waals surface area contributed by atoms with Gasteiger partial charge in [0.15, 0.2) is 0 Å². The van der Waals surface area contributed by atoms with Gasteiger partial charge in [0.2, 0.25) is 0 Å². The minimum atomic E-state index is -2.51. The van der Waals surface area contributed by atoms with E-state index in [4.69, 9.17) is 4.43 Å². The molecule has 0 radical (unpaired) electrons. The van der Waals surface area contributed by atoms with Crippen LogP contribution in [0.1, 0.15) is 53.9 Å². The molecule has 0 aliphatic heterocycles. The van der Waals surface area contributed by atoms with Crippen molar-refractivity contribution in [1.82, 2.24) is 0 Å². The molecule has 0 fully saturated rings. The Morgan fingerprint density at radius 3 is 2.00 bits per heavy atom. The number of allylic oxidation sites excluding steroid dienone is 3. The summed E-state index contributed by atoms with van der Waals surface area (Å²) in [5.74, 6) is 1.35. The highest BCUT2D eigenvalue weighted by Gasteiger charge is 2.51. The number of fused-ring (bicyclic) bond motifs is 1. The molecule has 2 heteroatoms. The molecular formula is C28H36OSi. The molecule has 0 N–H and O–H groups in total. The molecule has 3 atom stereocenters. The first-order valence-electron chi connectivity index (χ1n) is 11.5. The number of hydrogen-bond acceptors (Lipinski definition) is 1. The molecule has 0 heterocycles. The number of rotatable bonds is 4. The van der Waals surface area contributed by atoms with E-state index < -0.39 is 8.32 Å². The predicted octanol–water partition coefficient (Wildman–Crippen LogP) is 6.25. The SMILES string of the molecule is CC1=C2C=C[C@H](O[Si](c3ccccc3)(c3ccccc3)C(C)(C)C)C[C@H](C)[C@H]2CC1. The molecule has 2 aliphatic rings. The molecule has 2 aromatic carbocycles. The number of benzene rings is 2. The van der Waals surface area contributed by atoms with Crippen LogP contribution in [0.4, 0.5) is 0 Å². The standard InChI is InChI=1S/C28H36OSi/c1-21-16-18-27-22(2)20-23(17-19-26(21)27)29-30(28(3,4)5,24-12-8-6-9-13-24)25-14-10-7-11-15-25/h6-15,17,19,22-23,27H,16,18,20H2,1-5H3/t22-,23-,27+/m0/s1. The van der Waals surface area contributed by atoms with E-state index in [2.05, 4.69) is 107 Å². The zero-order valence-corrected chi connectivity index (χ0v) is 20.2. The minimum Gasteiger partial charge on any atom is -0.401 e. The summed E-state index contributed by atoms with van der Waals surface area (Å²) in [6.45, 7) is 11.8. The maximum Gasteiger partial charge on any atom is 0.261 e. The Balaban J connectivity index is 1.81. The maximum absolute atomic E-state index is 7.40. The summed E-state index contributed by atoms with van der Waals surface area (Å²) >= 11 is 0. The van der Waals surface area contributed by atoms with Gasteiger partial charge in [-0.3, -0.25) is 0 Å². The van der Waals surface area contributed by atoms with Crippen molar-refractivity contribution in [2.75, 3.05) is 0 Å². The van der Waals surface area contributed by atoms with Crippen LogP contribution < -0.4 is 10.4 Å². The van der Waals surface area contributed by atoms with Crippen molar-refractivity contribution in [2.45, 2.75) is 65.0 Å². The van der Waals surface area contributed by atoms with Crippen molar-refractivity contribution in [2.24, 2.45) is 11.8 Å². The van der Waals surface area contributed by atoms with Crippen LogP contribution in [0.2, 0.25) is 5.04 Å². The third-order valence-electron chi connectivity index (χ3n) is 7.25. The summed E-state index contributed by atoms with van der Waals surface area (Å²) in [7, 11) is -2.51. The zero-order chi connectivity index (χ0) is 21.4. The Morgan fingerprint density at radius 2 is 1.47 bits per heavy atom. The summed E-state index contributed by atoms with van der Waals surface area (Å²) in [5.41, 5.74) is 3.16. The molecule has 2 aliphatic carbocycles. The smallest absolute Gasteiger partial charge is 0.261 e. The van der Waals surface area contributed by atoms with E-state index in [0.717, 1.165) is 6.42 Å². The van der Waals surface area contributed by atoms with Crippen molar-refractivity contribution >= 4 is 18.7 Å². The molecule has 1 nitrogen and oxygen atoms in total. The van der Waals surface area contributed by atoms with Gasteiger partial charge in [0.25, 0.3) is 8.32 Å². The van der Waals surface area contributed by atoms with Gasteiger partial charge in [-0.2, -0.15) is 0 Å². The highest BCUT2D eigenvalue weighted by atomic mass is 28.4. The van der Waals surface area contributed by atoms with Gasteiger partial charge in [-0.05, 0) is 59.0 Å². The fourth-order valence-corrected chi connectivity index (χ4v) is 10.3. The van der Waals surface area contributed by atoms with E-state index in [0.29, 0.717) is 11.8 Å². The van der Waals surface area contributed by atoms with E-state index in [1.807, 2.05) is 0 Å². The molecule has 2 aromatic rings. The van der Waals surface area contributed by atoms with Crippen LogP contribution in [0.5, 0.6) is 0 Å². The van der Waals surface area contributed by atoms with Crippen LogP contribution >= 0.6 is 0 Å². The Bertz CT molecular complexity index is 881. The van der Waals surface area contributed by atoms with Crippen LogP contribution in [0.3, 0.4) is 0 Å². The fraction of sp³-hybridized carbons (Fsp3) is 0.429. The van der Waals surface area contributed by atoms with E-state index in [9.17, 15) is 0 Å². The second-order valence-corrected chi connectivity index (χ2v) is 14.5. The average molecular weight is 417 g/mol. The molecule has 30 heavy (non-hydrogen) atoms. The Kier molecular flexibility index (Phi) is 5.92. The highest BCUT2D eigenvalue weighted by molar-refractivity contribution is 6.99. The topological polar surface area (TPSA) is 9.23 Å². The third-order valence-corrected chi connectivity index (χ3v) is 12.3. The second-order valence-electron chi connectivity index (χ2n) is 10.3. The van der Waals surface area contributed by atoms with Crippen LogP contribution in [0, 0.1) is 11.8 Å². The van der Waals surface area contributed by atoms with E-state index in [1.54, 1.807) is 11.1 Å². The van der Waals surface area contributed by atoms with Gasteiger partial charge in [0.05, 0.1) is 6.10 Å². The summed E-state index contributed by atoms with van der Waals surface area (Å²) in [6, 6.07) is 22.0. The quantitative estimate of drug-likeness (QED) is 0.535. The Hall–Kier alpha value is -1.90. The minimum absolute atomic E-state index is 0.0180. The van der Waals surface area contributed by atoms with Gasteiger partial charge < -0.3 is 4.43 Å². The second kappa shape index (κ2) is 8.32. The summed E-state index contributed by atoms with van der Waals surface area (Å²) in [4.78, 5) is 0. The van der Waals surface area contributed by atoms with Crippen LogP contribution in [-0.4, -0.2) is 14.4 Å². The van der Waals surface area contributed by atoms with Gasteiger partial charge in [0, 0.05) is 0 Å². The van der Waals surface area contributed by atoms with Crippen molar-refractivity contribution in [3.05, 3.63) is 84.0 Å². The molecule has 0 spiro atoms. The van der Waals surface area contributed by atoms with Crippen molar-refractivity contribution < 1.29 is 4.43 Å². The Morgan fingerprint density at radius 1 is 0.900 bits per heavy atom.